The number of methoxy groups -OCH3 is 1. The highest BCUT2D eigenvalue weighted by Gasteiger charge is 2.18. The van der Waals surface area contributed by atoms with E-state index in [1.54, 1.807) is 7.11 Å². The third-order valence-corrected chi connectivity index (χ3v) is 5.19. The Morgan fingerprint density at radius 1 is 0.962 bits per heavy atom. The first kappa shape index (κ1) is 19.0. The van der Waals surface area contributed by atoms with Crippen LogP contribution in [0.3, 0.4) is 0 Å². The van der Waals surface area contributed by atoms with Gasteiger partial charge in [-0.05, 0) is 48.2 Å². The molecule has 0 aromatic heterocycles. The van der Waals surface area contributed by atoms with Crippen molar-refractivity contribution in [3.8, 4) is 11.1 Å². The number of hydrogen-bond acceptors (Lipinski definition) is 3. The summed E-state index contributed by atoms with van der Waals surface area (Å²) in [5.41, 5.74) is 4.33. The van der Waals surface area contributed by atoms with Gasteiger partial charge >= 0.3 is 0 Å². The zero-order chi connectivity index (χ0) is 18.2. The van der Waals surface area contributed by atoms with Gasteiger partial charge in [0, 0.05) is 26.2 Å². The molecule has 0 aliphatic carbocycles. The van der Waals surface area contributed by atoms with Crippen molar-refractivity contribution in [3.05, 3.63) is 59.7 Å². The van der Waals surface area contributed by atoms with Crippen LogP contribution in [0.5, 0.6) is 0 Å². The molecule has 26 heavy (non-hydrogen) atoms. The molecule has 1 aliphatic rings. The summed E-state index contributed by atoms with van der Waals surface area (Å²) in [5, 5.41) is 3.69. The largest absolute Gasteiger partial charge is 0.383 e. The molecule has 0 bridgehead atoms. The third kappa shape index (κ3) is 5.37. The average molecular weight is 356 g/mol. The summed E-state index contributed by atoms with van der Waals surface area (Å²) in [6.07, 6.45) is 2.39. The highest BCUT2D eigenvalue weighted by Crippen LogP contribution is 2.21. The Morgan fingerprint density at radius 3 is 2.08 bits per heavy atom. The molecule has 1 aliphatic heterocycles. The predicted octanol–water partition coefficient (Wildman–Crippen LogP) is 4.02. The van der Waals surface area contributed by atoms with E-state index in [1.165, 1.54) is 24.0 Å². The molecule has 3 nitrogen and oxygen atoms in total. The van der Waals surface area contributed by atoms with Gasteiger partial charge in [-0.2, -0.15) is 0 Å². The van der Waals surface area contributed by atoms with Gasteiger partial charge in [0.05, 0.1) is 6.61 Å². The number of benzene rings is 2. The lowest BCUT2D eigenvalue weighted by atomic mass is 10.0. The van der Waals surface area contributed by atoms with Crippen molar-refractivity contribution in [3.63, 3.8) is 0 Å². The molecule has 140 valence electrons. The summed E-state index contributed by atoms with van der Waals surface area (Å²) in [6.45, 7) is 4.65. The number of ether oxygens (including phenoxy) is 1. The fraction of sp³-hybridized carbons (Fsp3) is 0.455. The molecule has 0 spiro atoms. The zero-order valence-corrected chi connectivity index (χ0v) is 15.6. The Morgan fingerprint density at radius 2 is 1.54 bits per heavy atom. The van der Waals surface area contributed by atoms with Crippen LogP contribution in [0.25, 0.3) is 11.1 Å². The van der Waals surface area contributed by atoms with E-state index in [0.29, 0.717) is 6.04 Å². The number of hydrogen-bond donors (Lipinski definition) is 1. The molecule has 4 heteroatoms. The number of likely N-dealkylation sites (tertiary alicyclic amines) is 1. The number of piperidine rings is 1. The van der Waals surface area contributed by atoms with Gasteiger partial charge in [0.2, 0.25) is 0 Å². The summed E-state index contributed by atoms with van der Waals surface area (Å²) in [6, 6.07) is 16.9. The van der Waals surface area contributed by atoms with E-state index >= 15 is 0 Å². The van der Waals surface area contributed by atoms with E-state index in [2.05, 4.69) is 34.5 Å². The maximum Gasteiger partial charge on any atom is 0.115 e. The van der Waals surface area contributed by atoms with Gasteiger partial charge in [0.1, 0.15) is 6.67 Å². The molecule has 0 atom stereocenters. The quantitative estimate of drug-likeness (QED) is 0.773. The van der Waals surface area contributed by atoms with E-state index in [9.17, 15) is 4.39 Å². The second-order valence-corrected chi connectivity index (χ2v) is 7.02. The number of rotatable bonds is 8. The fourth-order valence-corrected chi connectivity index (χ4v) is 3.44. The molecule has 2 aromatic rings. The lowest BCUT2D eigenvalue weighted by Gasteiger charge is -2.32. The van der Waals surface area contributed by atoms with Crippen molar-refractivity contribution < 1.29 is 9.13 Å². The van der Waals surface area contributed by atoms with Crippen molar-refractivity contribution in [2.24, 2.45) is 0 Å². The van der Waals surface area contributed by atoms with E-state index in [0.717, 1.165) is 43.9 Å². The Kier molecular flexibility index (Phi) is 7.18. The summed E-state index contributed by atoms with van der Waals surface area (Å²) in [5.74, 6) is 0. The van der Waals surface area contributed by atoms with Crippen molar-refractivity contribution in [1.29, 1.82) is 0 Å². The second kappa shape index (κ2) is 9.81. The highest BCUT2D eigenvalue weighted by molar-refractivity contribution is 5.63. The van der Waals surface area contributed by atoms with Crippen LogP contribution in [0.15, 0.2) is 48.5 Å². The molecule has 0 radical (unpaired) electrons. The number of halogens is 1. The lowest BCUT2D eigenvalue weighted by Crippen LogP contribution is -2.43. The molecule has 0 amide bonds. The summed E-state index contributed by atoms with van der Waals surface area (Å²) >= 11 is 0. The van der Waals surface area contributed by atoms with Crippen molar-refractivity contribution >= 4 is 0 Å². The number of nitrogens with one attached hydrogen (secondary N) is 1. The molecule has 1 fully saturated rings. The van der Waals surface area contributed by atoms with Crippen LogP contribution in [0, 0.1) is 0 Å². The van der Waals surface area contributed by atoms with Crippen LogP contribution in [-0.4, -0.2) is 44.3 Å². The van der Waals surface area contributed by atoms with Crippen LogP contribution in [-0.2, 0) is 18.0 Å². The molecule has 3 rings (SSSR count). The first-order chi connectivity index (χ1) is 12.8. The Bertz CT molecular complexity index is 649. The number of nitrogens with zero attached hydrogens (tertiary/aromatic N) is 1. The van der Waals surface area contributed by atoms with Gasteiger partial charge in [-0.15, -0.1) is 0 Å². The second-order valence-electron chi connectivity index (χ2n) is 7.02. The highest BCUT2D eigenvalue weighted by atomic mass is 19.1. The van der Waals surface area contributed by atoms with Gasteiger partial charge in [-0.1, -0.05) is 48.5 Å². The van der Waals surface area contributed by atoms with Crippen LogP contribution in [0.1, 0.15) is 24.0 Å². The molecule has 2 aromatic carbocycles. The molecule has 1 saturated heterocycles. The Balaban J connectivity index is 1.46. The normalized spacial score (nSPS) is 16.1. The standard InChI is InChI=1S/C22H29FN2O/c1-26-15-14-25-12-10-22(11-13-25)24-17-19-4-8-21(9-5-19)20-6-2-18(16-23)3-7-20/h2-9,22,24H,10-17H2,1H3. The predicted molar refractivity (Wildman–Crippen MR) is 105 cm³/mol. The average Bonchev–Trinajstić information content (AvgIpc) is 2.72. The first-order valence-corrected chi connectivity index (χ1v) is 9.47. The fourth-order valence-electron chi connectivity index (χ4n) is 3.44. The van der Waals surface area contributed by atoms with E-state index < -0.39 is 6.67 Å². The smallest absolute Gasteiger partial charge is 0.115 e. The first-order valence-electron chi connectivity index (χ1n) is 9.47. The van der Waals surface area contributed by atoms with Crippen LogP contribution >= 0.6 is 0 Å². The number of alkyl halides is 1. The Hall–Kier alpha value is -1.75. The van der Waals surface area contributed by atoms with E-state index in [4.69, 9.17) is 4.74 Å². The van der Waals surface area contributed by atoms with E-state index in [-0.39, 0.29) is 0 Å². The third-order valence-electron chi connectivity index (χ3n) is 5.19. The van der Waals surface area contributed by atoms with E-state index in [1.807, 2.05) is 24.3 Å². The van der Waals surface area contributed by atoms with Crippen molar-refractivity contribution in [2.75, 3.05) is 33.4 Å². The van der Waals surface area contributed by atoms with Gasteiger partial charge in [-0.25, -0.2) is 4.39 Å². The van der Waals surface area contributed by atoms with Crippen LogP contribution in [0.4, 0.5) is 4.39 Å². The minimum absolute atomic E-state index is 0.407. The molecule has 0 unspecified atom stereocenters. The zero-order valence-electron chi connectivity index (χ0n) is 15.6. The molecule has 1 heterocycles. The molecule has 1 N–H and O–H groups in total. The summed E-state index contributed by atoms with van der Waals surface area (Å²) < 4.78 is 17.8. The van der Waals surface area contributed by atoms with Crippen LogP contribution in [0.2, 0.25) is 0 Å². The summed E-state index contributed by atoms with van der Waals surface area (Å²) in [7, 11) is 1.76. The van der Waals surface area contributed by atoms with Crippen molar-refractivity contribution in [1.82, 2.24) is 10.2 Å². The van der Waals surface area contributed by atoms with Gasteiger partial charge in [0.15, 0.2) is 0 Å². The maximum atomic E-state index is 12.6. The minimum Gasteiger partial charge on any atom is -0.383 e. The SMILES string of the molecule is COCCN1CCC(NCc2ccc(-c3ccc(CF)cc3)cc2)CC1. The molecular weight excluding hydrogens is 327 g/mol. The lowest BCUT2D eigenvalue weighted by molar-refractivity contribution is 0.126. The van der Waals surface area contributed by atoms with Gasteiger partial charge < -0.3 is 15.0 Å². The summed E-state index contributed by atoms with van der Waals surface area (Å²) in [4.78, 5) is 2.48. The van der Waals surface area contributed by atoms with Crippen molar-refractivity contribution in [2.45, 2.75) is 32.1 Å². The molecule has 0 saturated carbocycles. The molecular formula is C22H29FN2O. The van der Waals surface area contributed by atoms with Gasteiger partial charge in [0.25, 0.3) is 0 Å². The van der Waals surface area contributed by atoms with Gasteiger partial charge in [-0.3, -0.25) is 0 Å². The maximum absolute atomic E-state index is 12.6. The monoisotopic (exact) mass is 356 g/mol. The Labute approximate surface area is 156 Å². The van der Waals surface area contributed by atoms with Crippen LogP contribution < -0.4 is 5.32 Å². The topological polar surface area (TPSA) is 24.5 Å². The minimum atomic E-state index is -0.407.